The molecule has 0 aromatic heterocycles. The van der Waals surface area contributed by atoms with Gasteiger partial charge in [-0.3, -0.25) is 4.79 Å². The number of nitrogens with zero attached hydrogens (tertiary/aromatic N) is 1. The standard InChI is InChI=1S/C21H27NO4S/c1-14-11-15(5-7-17(14)26-4)6-8-19(23)22-18-12-16-9-10-21(18,20(16,2)3)13-27(22,24)25/h5-8,11,16,18H,9-10,12-13H2,1-4H3/t16-,18-,21+/m0/s1. The molecule has 2 saturated carbocycles. The summed E-state index contributed by atoms with van der Waals surface area (Å²) in [4.78, 5) is 12.9. The van der Waals surface area contributed by atoms with Crippen LogP contribution >= 0.6 is 0 Å². The Kier molecular flexibility index (Phi) is 4.01. The van der Waals surface area contributed by atoms with Gasteiger partial charge in [0.2, 0.25) is 10.0 Å². The molecule has 0 N–H and O–H groups in total. The van der Waals surface area contributed by atoms with Gasteiger partial charge in [0.05, 0.1) is 18.9 Å². The molecule has 1 aromatic rings. The largest absolute Gasteiger partial charge is 0.496 e. The lowest BCUT2D eigenvalue weighted by Gasteiger charge is -2.36. The van der Waals surface area contributed by atoms with E-state index in [1.54, 1.807) is 13.2 Å². The van der Waals surface area contributed by atoms with Crippen molar-refractivity contribution < 1.29 is 17.9 Å². The van der Waals surface area contributed by atoms with Crippen LogP contribution in [0.3, 0.4) is 0 Å². The van der Waals surface area contributed by atoms with Crippen LogP contribution in [-0.4, -0.2) is 37.5 Å². The van der Waals surface area contributed by atoms with Crippen molar-refractivity contribution in [3.8, 4) is 5.75 Å². The van der Waals surface area contributed by atoms with Crippen LogP contribution < -0.4 is 4.74 Å². The number of hydrogen-bond donors (Lipinski definition) is 0. The first-order valence-corrected chi connectivity index (χ1v) is 11.1. The van der Waals surface area contributed by atoms with Gasteiger partial charge in [-0.1, -0.05) is 19.9 Å². The fourth-order valence-corrected chi connectivity index (χ4v) is 8.33. The molecule has 3 aliphatic rings. The highest BCUT2D eigenvalue weighted by Gasteiger charge is 2.72. The number of ether oxygens (including phenoxy) is 1. The summed E-state index contributed by atoms with van der Waals surface area (Å²) < 4.78 is 32.2. The van der Waals surface area contributed by atoms with E-state index in [1.807, 2.05) is 25.1 Å². The zero-order chi connectivity index (χ0) is 19.6. The smallest absolute Gasteiger partial charge is 0.260 e. The Labute approximate surface area is 161 Å². The van der Waals surface area contributed by atoms with Gasteiger partial charge < -0.3 is 4.74 Å². The summed E-state index contributed by atoms with van der Waals surface area (Å²) in [7, 11) is -1.95. The van der Waals surface area contributed by atoms with Crippen molar-refractivity contribution in [2.75, 3.05) is 12.9 Å². The van der Waals surface area contributed by atoms with Crippen LogP contribution in [0.25, 0.3) is 6.08 Å². The lowest BCUT2D eigenvalue weighted by molar-refractivity contribution is -0.123. The molecule has 1 spiro atoms. The molecule has 1 aromatic carbocycles. The molecule has 27 heavy (non-hydrogen) atoms. The van der Waals surface area contributed by atoms with Crippen LogP contribution in [0.1, 0.15) is 44.2 Å². The van der Waals surface area contributed by atoms with Crippen molar-refractivity contribution in [1.29, 1.82) is 0 Å². The van der Waals surface area contributed by atoms with Crippen LogP contribution in [0, 0.1) is 23.7 Å². The second-order valence-electron chi connectivity index (χ2n) is 8.82. The first kappa shape index (κ1) is 18.5. The van der Waals surface area contributed by atoms with Gasteiger partial charge in [0.15, 0.2) is 0 Å². The van der Waals surface area contributed by atoms with E-state index < -0.39 is 15.9 Å². The molecule has 1 saturated heterocycles. The highest BCUT2D eigenvalue weighted by atomic mass is 32.2. The number of carbonyl (C=O) groups excluding carboxylic acids is 1. The number of methoxy groups -OCH3 is 1. The molecule has 4 rings (SSSR count). The average Bonchev–Trinajstić information content (AvgIpc) is 3.07. The molecule has 2 aliphatic carbocycles. The van der Waals surface area contributed by atoms with Gasteiger partial charge >= 0.3 is 0 Å². The van der Waals surface area contributed by atoms with Gasteiger partial charge in [0, 0.05) is 11.5 Å². The summed E-state index contributed by atoms with van der Waals surface area (Å²) in [6.07, 6.45) is 5.86. The van der Waals surface area contributed by atoms with Crippen LogP contribution in [0.5, 0.6) is 5.75 Å². The van der Waals surface area contributed by atoms with Gasteiger partial charge in [-0.2, -0.15) is 0 Å². The fourth-order valence-electron chi connectivity index (χ4n) is 5.83. The third-order valence-electron chi connectivity index (χ3n) is 7.47. The van der Waals surface area contributed by atoms with Crippen molar-refractivity contribution in [2.24, 2.45) is 16.7 Å². The molecule has 2 bridgehead atoms. The highest BCUT2D eigenvalue weighted by Crippen LogP contribution is 2.69. The SMILES string of the molecule is COc1ccc(C=CC(=O)N2[C@H]3C[C@@H]4CC[C@]3(CS2(=O)=O)C4(C)C)cc1C. The Morgan fingerprint density at radius 3 is 2.70 bits per heavy atom. The topological polar surface area (TPSA) is 63.7 Å². The van der Waals surface area contributed by atoms with Gasteiger partial charge in [-0.25, -0.2) is 12.7 Å². The van der Waals surface area contributed by atoms with E-state index in [-0.39, 0.29) is 22.6 Å². The van der Waals surface area contributed by atoms with E-state index in [4.69, 9.17) is 4.74 Å². The number of amides is 1. The summed E-state index contributed by atoms with van der Waals surface area (Å²) in [5.41, 5.74) is 1.50. The van der Waals surface area contributed by atoms with E-state index in [2.05, 4.69) is 13.8 Å². The Morgan fingerprint density at radius 2 is 2.07 bits per heavy atom. The number of rotatable bonds is 3. The highest BCUT2D eigenvalue weighted by molar-refractivity contribution is 7.90. The second kappa shape index (κ2) is 5.84. The molecule has 6 heteroatoms. The first-order valence-electron chi connectivity index (χ1n) is 9.51. The second-order valence-corrected chi connectivity index (χ2v) is 10.7. The van der Waals surface area contributed by atoms with E-state index in [0.717, 1.165) is 36.1 Å². The molecule has 3 fully saturated rings. The molecule has 1 aliphatic heterocycles. The van der Waals surface area contributed by atoms with Gasteiger partial charge in [-0.05, 0) is 66.9 Å². The van der Waals surface area contributed by atoms with Gasteiger partial charge in [0.25, 0.3) is 5.91 Å². The number of fused-ring (bicyclic) bond motifs is 1. The Bertz CT molecular complexity index is 934. The molecule has 3 atom stereocenters. The molecule has 0 radical (unpaired) electrons. The monoisotopic (exact) mass is 389 g/mol. The third-order valence-corrected chi connectivity index (χ3v) is 9.38. The Morgan fingerprint density at radius 1 is 1.33 bits per heavy atom. The average molecular weight is 390 g/mol. The molecule has 1 heterocycles. The predicted molar refractivity (Wildman–Crippen MR) is 105 cm³/mol. The van der Waals surface area contributed by atoms with Crippen molar-refractivity contribution in [2.45, 2.75) is 46.1 Å². The molecular weight excluding hydrogens is 362 g/mol. The number of sulfonamides is 1. The summed E-state index contributed by atoms with van der Waals surface area (Å²) in [6.45, 7) is 6.30. The zero-order valence-corrected chi connectivity index (χ0v) is 17.2. The van der Waals surface area contributed by atoms with Crippen molar-refractivity contribution in [3.63, 3.8) is 0 Å². The third kappa shape index (κ3) is 2.49. The predicted octanol–water partition coefficient (Wildman–Crippen LogP) is 3.38. The number of carbonyl (C=O) groups is 1. The molecule has 146 valence electrons. The van der Waals surface area contributed by atoms with Crippen molar-refractivity contribution >= 4 is 22.0 Å². The molecule has 1 amide bonds. The molecule has 0 unspecified atom stereocenters. The van der Waals surface area contributed by atoms with Crippen LogP contribution in [0.4, 0.5) is 0 Å². The van der Waals surface area contributed by atoms with E-state index in [1.165, 1.54) is 10.4 Å². The maximum absolute atomic E-state index is 12.9. The van der Waals surface area contributed by atoms with Crippen molar-refractivity contribution in [1.82, 2.24) is 4.31 Å². The maximum Gasteiger partial charge on any atom is 0.260 e. The van der Waals surface area contributed by atoms with Crippen LogP contribution in [0.15, 0.2) is 24.3 Å². The van der Waals surface area contributed by atoms with Crippen molar-refractivity contribution in [3.05, 3.63) is 35.4 Å². The van der Waals surface area contributed by atoms with Crippen LogP contribution in [0.2, 0.25) is 0 Å². The molecule has 5 nitrogen and oxygen atoms in total. The molecular formula is C21H27NO4S. The lowest BCUT2D eigenvalue weighted by Crippen LogP contribution is -2.43. The summed E-state index contributed by atoms with van der Waals surface area (Å²) in [5, 5.41) is 0. The summed E-state index contributed by atoms with van der Waals surface area (Å²) in [5.74, 6) is 0.969. The van der Waals surface area contributed by atoms with E-state index in [9.17, 15) is 13.2 Å². The van der Waals surface area contributed by atoms with Gasteiger partial charge in [0.1, 0.15) is 5.75 Å². The first-order chi connectivity index (χ1) is 12.6. The number of aryl methyl sites for hydroxylation is 1. The van der Waals surface area contributed by atoms with E-state index in [0.29, 0.717) is 5.92 Å². The zero-order valence-electron chi connectivity index (χ0n) is 16.4. The summed E-state index contributed by atoms with van der Waals surface area (Å²) in [6, 6.07) is 5.44. The quantitative estimate of drug-likeness (QED) is 0.744. The van der Waals surface area contributed by atoms with Crippen LogP contribution in [-0.2, 0) is 14.8 Å². The van der Waals surface area contributed by atoms with Gasteiger partial charge in [-0.15, -0.1) is 0 Å². The minimum absolute atomic E-state index is 0.0312. The normalized spacial score (nSPS) is 32.8. The Hall–Kier alpha value is -1.82. The maximum atomic E-state index is 12.9. The van der Waals surface area contributed by atoms with E-state index >= 15 is 0 Å². The lowest BCUT2D eigenvalue weighted by atomic mass is 9.69. The fraction of sp³-hybridized carbons (Fsp3) is 0.571. The summed E-state index contributed by atoms with van der Waals surface area (Å²) >= 11 is 0. The minimum atomic E-state index is -3.57. The Balaban J connectivity index is 1.62. The number of hydrogen-bond acceptors (Lipinski definition) is 4. The number of benzene rings is 1. The minimum Gasteiger partial charge on any atom is -0.496 e.